The Morgan fingerprint density at radius 1 is 1.00 bits per heavy atom. The van der Waals surface area contributed by atoms with Crippen molar-refractivity contribution in [3.8, 4) is 0 Å². The first-order valence-electron chi connectivity index (χ1n) is 7.49. The Labute approximate surface area is 133 Å². The van der Waals surface area contributed by atoms with Crippen LogP contribution in [0.3, 0.4) is 0 Å². The lowest BCUT2D eigenvalue weighted by Gasteiger charge is -2.15. The van der Waals surface area contributed by atoms with Crippen LogP contribution in [-0.4, -0.2) is 22.8 Å². The zero-order valence-electron chi connectivity index (χ0n) is 12.5. The molecule has 4 nitrogen and oxygen atoms in total. The van der Waals surface area contributed by atoms with E-state index < -0.39 is 6.04 Å². The van der Waals surface area contributed by atoms with Gasteiger partial charge in [0, 0.05) is 6.54 Å². The maximum Gasteiger partial charge on any atom is 0.247 e. The third kappa shape index (κ3) is 3.63. The number of nitrogens with zero attached hydrogens (tertiary/aromatic N) is 1. The average Bonchev–Trinajstić information content (AvgIpc) is 2.83. The van der Waals surface area contributed by atoms with Gasteiger partial charge in [0.25, 0.3) is 0 Å². The Morgan fingerprint density at radius 3 is 2.39 bits per heavy atom. The number of likely N-dealkylation sites (tertiary alicyclic amines) is 1. The summed E-state index contributed by atoms with van der Waals surface area (Å²) >= 11 is 0. The molecule has 1 saturated heterocycles. The third-order valence-electron chi connectivity index (χ3n) is 3.89. The van der Waals surface area contributed by atoms with E-state index in [1.54, 1.807) is 12.1 Å². The minimum absolute atomic E-state index is 0.160. The summed E-state index contributed by atoms with van der Waals surface area (Å²) in [4.78, 5) is 25.7. The summed E-state index contributed by atoms with van der Waals surface area (Å²) in [5.41, 5.74) is 1.79. The van der Waals surface area contributed by atoms with Gasteiger partial charge in [-0.05, 0) is 23.3 Å². The minimum Gasteiger partial charge on any atom is -0.301 e. The van der Waals surface area contributed by atoms with Crippen LogP contribution < -0.4 is 5.32 Å². The standard InChI is InChI=1S/C18H17FN2O2/c19-15-8-6-13(7-9-15)11-20-16-10-17(22)21(18(16)23)12-14-4-2-1-3-5-14/h1-9,16,20H,10-12H2. The first kappa shape index (κ1) is 15.4. The Kier molecular flexibility index (Phi) is 4.48. The quantitative estimate of drug-likeness (QED) is 0.862. The number of carbonyl (C=O) groups is 2. The van der Waals surface area contributed by atoms with Gasteiger partial charge >= 0.3 is 0 Å². The lowest BCUT2D eigenvalue weighted by atomic mass is 10.2. The van der Waals surface area contributed by atoms with Crippen molar-refractivity contribution in [1.29, 1.82) is 0 Å². The van der Waals surface area contributed by atoms with E-state index in [1.165, 1.54) is 17.0 Å². The van der Waals surface area contributed by atoms with Gasteiger partial charge in [-0.15, -0.1) is 0 Å². The summed E-state index contributed by atoms with van der Waals surface area (Å²) < 4.78 is 12.9. The van der Waals surface area contributed by atoms with Crippen LogP contribution in [0.1, 0.15) is 17.5 Å². The minimum atomic E-state index is -0.517. The van der Waals surface area contributed by atoms with E-state index in [0.29, 0.717) is 13.1 Å². The number of hydrogen-bond acceptors (Lipinski definition) is 3. The highest BCUT2D eigenvalue weighted by molar-refractivity contribution is 6.05. The normalized spacial score (nSPS) is 17.8. The van der Waals surface area contributed by atoms with Gasteiger partial charge in [-0.3, -0.25) is 14.5 Å². The first-order valence-corrected chi connectivity index (χ1v) is 7.49. The van der Waals surface area contributed by atoms with Gasteiger partial charge in [0.1, 0.15) is 5.82 Å². The molecular formula is C18H17FN2O2. The molecule has 0 saturated carbocycles. The molecule has 1 unspecified atom stereocenters. The van der Waals surface area contributed by atoms with Crippen molar-refractivity contribution in [2.75, 3.05) is 0 Å². The smallest absolute Gasteiger partial charge is 0.247 e. The predicted octanol–water partition coefficient (Wildman–Crippen LogP) is 2.24. The molecule has 0 spiro atoms. The molecule has 0 aromatic heterocycles. The first-order chi connectivity index (χ1) is 11.1. The second kappa shape index (κ2) is 6.71. The van der Waals surface area contributed by atoms with E-state index in [0.717, 1.165) is 11.1 Å². The number of carbonyl (C=O) groups excluding carboxylic acids is 2. The van der Waals surface area contributed by atoms with Crippen molar-refractivity contribution in [3.63, 3.8) is 0 Å². The molecule has 1 aliphatic heterocycles. The van der Waals surface area contributed by atoms with Gasteiger partial charge < -0.3 is 5.32 Å². The third-order valence-corrected chi connectivity index (χ3v) is 3.89. The highest BCUT2D eigenvalue weighted by atomic mass is 19.1. The topological polar surface area (TPSA) is 49.4 Å². The summed E-state index contributed by atoms with van der Waals surface area (Å²) in [5.74, 6) is -0.675. The molecule has 0 bridgehead atoms. The average molecular weight is 312 g/mol. The van der Waals surface area contributed by atoms with Gasteiger partial charge in [-0.1, -0.05) is 42.5 Å². The Bertz CT molecular complexity index is 701. The van der Waals surface area contributed by atoms with Crippen LogP contribution in [0.5, 0.6) is 0 Å². The molecule has 1 fully saturated rings. The molecule has 23 heavy (non-hydrogen) atoms. The van der Waals surface area contributed by atoms with Crippen molar-refractivity contribution in [1.82, 2.24) is 10.2 Å². The maximum absolute atomic E-state index is 12.9. The fourth-order valence-electron chi connectivity index (χ4n) is 2.62. The molecule has 0 radical (unpaired) electrons. The number of nitrogens with one attached hydrogen (secondary N) is 1. The van der Waals surface area contributed by atoms with Gasteiger partial charge in [-0.2, -0.15) is 0 Å². The van der Waals surface area contributed by atoms with E-state index >= 15 is 0 Å². The maximum atomic E-state index is 12.9. The van der Waals surface area contributed by atoms with Gasteiger partial charge in [-0.25, -0.2) is 4.39 Å². The van der Waals surface area contributed by atoms with Crippen LogP contribution in [0.15, 0.2) is 54.6 Å². The lowest BCUT2D eigenvalue weighted by Crippen LogP contribution is -2.38. The number of imide groups is 1. The van der Waals surface area contributed by atoms with Crippen LogP contribution in [0.2, 0.25) is 0 Å². The van der Waals surface area contributed by atoms with Crippen molar-refractivity contribution in [2.24, 2.45) is 0 Å². The molecule has 1 aliphatic rings. The van der Waals surface area contributed by atoms with Crippen molar-refractivity contribution in [2.45, 2.75) is 25.6 Å². The van der Waals surface area contributed by atoms with Crippen LogP contribution in [0.4, 0.5) is 4.39 Å². The van der Waals surface area contributed by atoms with Crippen molar-refractivity contribution >= 4 is 11.8 Å². The molecular weight excluding hydrogens is 295 g/mol. The van der Waals surface area contributed by atoms with Crippen molar-refractivity contribution < 1.29 is 14.0 Å². The summed E-state index contributed by atoms with van der Waals surface area (Å²) in [6.07, 6.45) is 0.160. The van der Waals surface area contributed by atoms with Crippen molar-refractivity contribution in [3.05, 3.63) is 71.5 Å². The molecule has 3 rings (SSSR count). The molecule has 0 aliphatic carbocycles. The van der Waals surface area contributed by atoms with E-state index in [4.69, 9.17) is 0 Å². The summed E-state index contributed by atoms with van der Waals surface area (Å²) in [7, 11) is 0. The fourth-order valence-corrected chi connectivity index (χ4v) is 2.62. The van der Waals surface area contributed by atoms with Crippen LogP contribution >= 0.6 is 0 Å². The number of rotatable bonds is 5. The molecule has 1 N–H and O–H groups in total. The van der Waals surface area contributed by atoms with Crippen LogP contribution in [0.25, 0.3) is 0 Å². The van der Waals surface area contributed by atoms with Gasteiger partial charge in [0.15, 0.2) is 0 Å². The van der Waals surface area contributed by atoms with E-state index in [-0.39, 0.29) is 24.1 Å². The zero-order valence-corrected chi connectivity index (χ0v) is 12.5. The molecule has 2 aromatic rings. The summed E-state index contributed by atoms with van der Waals surface area (Å²) in [6.45, 7) is 0.719. The molecule has 2 aromatic carbocycles. The Morgan fingerprint density at radius 2 is 1.70 bits per heavy atom. The molecule has 1 atom stereocenters. The summed E-state index contributed by atoms with van der Waals surface area (Å²) in [6, 6.07) is 15.0. The van der Waals surface area contributed by atoms with Crippen LogP contribution in [0, 0.1) is 5.82 Å². The van der Waals surface area contributed by atoms with E-state index in [2.05, 4.69) is 5.32 Å². The SMILES string of the molecule is O=C1CC(NCc2ccc(F)cc2)C(=O)N1Cc1ccccc1. The molecule has 5 heteroatoms. The van der Waals surface area contributed by atoms with Gasteiger partial charge in [0.2, 0.25) is 11.8 Å². The fraction of sp³-hybridized carbons (Fsp3) is 0.222. The van der Waals surface area contributed by atoms with E-state index in [9.17, 15) is 14.0 Å². The van der Waals surface area contributed by atoms with E-state index in [1.807, 2.05) is 30.3 Å². The largest absolute Gasteiger partial charge is 0.301 e. The number of hydrogen-bond donors (Lipinski definition) is 1. The molecule has 2 amide bonds. The zero-order chi connectivity index (χ0) is 16.2. The Hall–Kier alpha value is -2.53. The summed E-state index contributed by atoms with van der Waals surface area (Å²) in [5, 5.41) is 3.08. The van der Waals surface area contributed by atoms with Gasteiger partial charge in [0.05, 0.1) is 19.0 Å². The predicted molar refractivity (Wildman–Crippen MR) is 83.6 cm³/mol. The number of halogens is 1. The number of amides is 2. The monoisotopic (exact) mass is 312 g/mol. The molecule has 118 valence electrons. The lowest BCUT2D eigenvalue weighted by molar-refractivity contribution is -0.139. The number of benzene rings is 2. The van der Waals surface area contributed by atoms with Crippen LogP contribution in [-0.2, 0) is 22.7 Å². The second-order valence-corrected chi connectivity index (χ2v) is 5.57. The molecule has 1 heterocycles. The second-order valence-electron chi connectivity index (χ2n) is 5.57. The highest BCUT2D eigenvalue weighted by Gasteiger charge is 2.37. The highest BCUT2D eigenvalue weighted by Crippen LogP contribution is 2.17. The Balaban J connectivity index is 1.60.